The van der Waals surface area contributed by atoms with E-state index < -0.39 is 18.6 Å². The number of ether oxygens (including phenoxy) is 1. The summed E-state index contributed by atoms with van der Waals surface area (Å²) in [6, 6.07) is 4.31. The summed E-state index contributed by atoms with van der Waals surface area (Å²) in [5, 5.41) is 10.9. The van der Waals surface area contributed by atoms with Crippen molar-refractivity contribution in [2.45, 2.75) is 0 Å². The molecule has 0 aliphatic rings. The number of rotatable bonds is 3. The van der Waals surface area contributed by atoms with E-state index in [0.717, 1.165) is 0 Å². The summed E-state index contributed by atoms with van der Waals surface area (Å²) in [6.45, 7) is -0.524. The minimum Gasteiger partial charge on any atom is -0.480 e. The molecule has 0 aromatic heterocycles. The Morgan fingerprint density at radius 3 is 2.62 bits per heavy atom. The molecule has 1 rings (SSSR count). The fourth-order valence-electron chi connectivity index (χ4n) is 0.842. The molecule has 1 amide bonds. The molecule has 0 saturated carbocycles. The van der Waals surface area contributed by atoms with Crippen LogP contribution in [-0.2, 0) is 4.79 Å². The number of nitrogens with one attached hydrogen (secondary N) is 1. The number of carboxylic acid groups (broad SMARTS) is 1. The molecule has 86 valence electrons. The Hall–Kier alpha value is -1.46. The number of hydrogen-bond acceptors (Lipinski definition) is 3. The van der Waals surface area contributed by atoms with E-state index in [0.29, 0.717) is 5.02 Å². The summed E-state index contributed by atoms with van der Waals surface area (Å²) in [4.78, 5) is 21.2. The van der Waals surface area contributed by atoms with E-state index >= 15 is 0 Å². The molecule has 0 bridgehead atoms. The van der Waals surface area contributed by atoms with E-state index in [2.05, 4.69) is 0 Å². The Morgan fingerprint density at radius 1 is 1.38 bits per heavy atom. The van der Waals surface area contributed by atoms with E-state index in [9.17, 15) is 9.59 Å². The Labute approximate surface area is 101 Å². The number of carbonyl (C=O) groups excluding carboxylic acids is 1. The van der Waals surface area contributed by atoms with Crippen LogP contribution in [0.15, 0.2) is 18.2 Å². The molecule has 0 radical (unpaired) electrons. The van der Waals surface area contributed by atoms with Crippen molar-refractivity contribution in [1.82, 2.24) is 5.32 Å². The molecule has 0 aliphatic carbocycles. The fraction of sp³-hybridized carbons (Fsp3) is 0.111. The molecular weight excluding hydrogens is 257 g/mol. The second-order valence-electron chi connectivity index (χ2n) is 2.71. The lowest BCUT2D eigenvalue weighted by atomic mass is 10.3. The van der Waals surface area contributed by atoms with Gasteiger partial charge in [0.15, 0.2) is 5.75 Å². The number of carbonyl (C=O) groups is 2. The van der Waals surface area contributed by atoms with Crippen LogP contribution in [-0.4, -0.2) is 23.7 Å². The number of carboxylic acids is 1. The lowest BCUT2D eigenvalue weighted by Gasteiger charge is -2.06. The zero-order valence-corrected chi connectivity index (χ0v) is 9.38. The molecule has 0 heterocycles. The van der Waals surface area contributed by atoms with Crippen molar-refractivity contribution in [2.24, 2.45) is 0 Å². The van der Waals surface area contributed by atoms with Gasteiger partial charge in [-0.15, -0.1) is 0 Å². The molecular formula is C9H7Cl2NO4. The van der Waals surface area contributed by atoms with Gasteiger partial charge in [0.2, 0.25) is 0 Å². The molecule has 0 aliphatic heterocycles. The maximum absolute atomic E-state index is 11.1. The molecule has 16 heavy (non-hydrogen) atoms. The fourth-order valence-corrected chi connectivity index (χ4v) is 1.29. The van der Waals surface area contributed by atoms with Crippen molar-refractivity contribution in [3.63, 3.8) is 0 Å². The molecule has 0 unspecified atom stereocenters. The van der Waals surface area contributed by atoms with Gasteiger partial charge in [0.05, 0.1) is 5.02 Å². The summed E-state index contributed by atoms with van der Waals surface area (Å²) < 4.78 is 4.75. The highest BCUT2D eigenvalue weighted by molar-refractivity contribution is 6.35. The average Bonchev–Trinajstić information content (AvgIpc) is 2.19. The zero-order chi connectivity index (χ0) is 12.1. The minimum atomic E-state index is -1.17. The normalized spacial score (nSPS) is 9.62. The molecule has 0 spiro atoms. The van der Waals surface area contributed by atoms with Crippen molar-refractivity contribution < 1.29 is 19.4 Å². The highest BCUT2D eigenvalue weighted by Crippen LogP contribution is 2.27. The summed E-state index contributed by atoms with van der Waals surface area (Å²) >= 11 is 11.4. The SMILES string of the molecule is O=C(O)CNC(=O)Oc1ccc(Cl)cc1Cl. The van der Waals surface area contributed by atoms with Gasteiger partial charge in [0.1, 0.15) is 6.54 Å². The number of hydrogen-bond donors (Lipinski definition) is 2. The molecule has 0 fully saturated rings. The first-order valence-corrected chi connectivity index (χ1v) is 4.87. The van der Waals surface area contributed by atoms with E-state index in [-0.39, 0.29) is 10.8 Å². The Morgan fingerprint density at radius 2 is 2.06 bits per heavy atom. The molecule has 1 aromatic carbocycles. The van der Waals surface area contributed by atoms with Crippen molar-refractivity contribution in [3.8, 4) is 5.75 Å². The van der Waals surface area contributed by atoms with E-state index in [1.54, 1.807) is 0 Å². The maximum Gasteiger partial charge on any atom is 0.413 e. The quantitative estimate of drug-likeness (QED) is 0.877. The second-order valence-corrected chi connectivity index (χ2v) is 3.56. The van der Waals surface area contributed by atoms with Crippen LogP contribution in [0.4, 0.5) is 4.79 Å². The zero-order valence-electron chi connectivity index (χ0n) is 7.87. The monoisotopic (exact) mass is 263 g/mol. The van der Waals surface area contributed by atoms with Gasteiger partial charge in [0.25, 0.3) is 0 Å². The Kier molecular flexibility index (Phi) is 4.39. The largest absolute Gasteiger partial charge is 0.480 e. The van der Waals surface area contributed by atoms with Crippen LogP contribution < -0.4 is 10.1 Å². The molecule has 2 N–H and O–H groups in total. The Balaban J connectivity index is 2.59. The van der Waals surface area contributed by atoms with E-state index in [1.165, 1.54) is 18.2 Å². The van der Waals surface area contributed by atoms with E-state index in [4.69, 9.17) is 33.0 Å². The van der Waals surface area contributed by atoms with Gasteiger partial charge in [-0.1, -0.05) is 23.2 Å². The maximum atomic E-state index is 11.1. The molecule has 5 nitrogen and oxygen atoms in total. The lowest BCUT2D eigenvalue weighted by Crippen LogP contribution is -2.31. The van der Waals surface area contributed by atoms with Crippen LogP contribution >= 0.6 is 23.2 Å². The van der Waals surface area contributed by atoms with Crippen LogP contribution in [0.25, 0.3) is 0 Å². The first-order chi connectivity index (χ1) is 7.49. The van der Waals surface area contributed by atoms with Crippen molar-refractivity contribution in [1.29, 1.82) is 0 Å². The minimum absolute atomic E-state index is 0.106. The predicted molar refractivity (Wildman–Crippen MR) is 58.1 cm³/mol. The second kappa shape index (κ2) is 5.58. The number of amides is 1. The van der Waals surface area contributed by atoms with Gasteiger partial charge in [-0.25, -0.2) is 4.79 Å². The third kappa shape index (κ3) is 3.96. The van der Waals surface area contributed by atoms with Crippen LogP contribution in [0.5, 0.6) is 5.75 Å². The lowest BCUT2D eigenvalue weighted by molar-refractivity contribution is -0.135. The standard InChI is InChI=1S/C9H7Cl2NO4/c10-5-1-2-7(6(11)3-5)16-9(15)12-4-8(13)14/h1-3H,4H2,(H,12,15)(H,13,14). The van der Waals surface area contributed by atoms with Gasteiger partial charge in [-0.05, 0) is 18.2 Å². The number of halogens is 2. The number of aliphatic carboxylic acids is 1. The van der Waals surface area contributed by atoms with Crippen molar-refractivity contribution in [3.05, 3.63) is 28.2 Å². The van der Waals surface area contributed by atoms with Crippen LogP contribution in [0, 0.1) is 0 Å². The summed E-state index contributed by atoms with van der Waals surface area (Å²) in [6.07, 6.45) is -0.897. The summed E-state index contributed by atoms with van der Waals surface area (Å²) in [5.41, 5.74) is 0. The molecule has 0 atom stereocenters. The van der Waals surface area contributed by atoms with Crippen LogP contribution in [0.3, 0.4) is 0 Å². The van der Waals surface area contributed by atoms with Crippen LogP contribution in [0.2, 0.25) is 10.0 Å². The molecule has 0 saturated heterocycles. The van der Waals surface area contributed by atoms with Crippen molar-refractivity contribution in [2.75, 3.05) is 6.54 Å². The average molecular weight is 264 g/mol. The first kappa shape index (κ1) is 12.6. The van der Waals surface area contributed by atoms with Crippen LogP contribution in [0.1, 0.15) is 0 Å². The first-order valence-electron chi connectivity index (χ1n) is 4.11. The van der Waals surface area contributed by atoms with Gasteiger partial charge in [-0.3, -0.25) is 4.79 Å². The summed E-state index contributed by atoms with van der Waals surface area (Å²) in [7, 11) is 0. The smallest absolute Gasteiger partial charge is 0.413 e. The van der Waals surface area contributed by atoms with Gasteiger partial charge in [0, 0.05) is 5.02 Å². The third-order valence-electron chi connectivity index (χ3n) is 1.48. The van der Waals surface area contributed by atoms with Gasteiger partial charge in [-0.2, -0.15) is 0 Å². The van der Waals surface area contributed by atoms with E-state index in [1.807, 2.05) is 5.32 Å². The Bertz CT molecular complexity index is 422. The topological polar surface area (TPSA) is 75.6 Å². The highest BCUT2D eigenvalue weighted by Gasteiger charge is 2.09. The highest BCUT2D eigenvalue weighted by atomic mass is 35.5. The van der Waals surface area contributed by atoms with Gasteiger partial charge < -0.3 is 15.2 Å². The summed E-state index contributed by atoms with van der Waals surface area (Å²) in [5.74, 6) is -1.06. The molecule has 7 heteroatoms. The van der Waals surface area contributed by atoms with Gasteiger partial charge >= 0.3 is 12.1 Å². The molecule has 1 aromatic rings. The predicted octanol–water partition coefficient (Wildman–Crippen LogP) is 2.17. The third-order valence-corrected chi connectivity index (χ3v) is 2.01. The van der Waals surface area contributed by atoms with Crippen molar-refractivity contribution >= 4 is 35.3 Å². The number of benzene rings is 1.